The van der Waals surface area contributed by atoms with Crippen LogP contribution in [0.5, 0.6) is 0 Å². The van der Waals surface area contributed by atoms with Gasteiger partial charge in [-0.25, -0.2) is 0 Å². The zero-order valence-corrected chi connectivity index (χ0v) is 12.7. The summed E-state index contributed by atoms with van der Waals surface area (Å²) in [7, 11) is 0. The zero-order chi connectivity index (χ0) is 13.9. The average Bonchev–Trinajstić information content (AvgIpc) is 2.48. The number of hydrogen-bond acceptors (Lipinski definition) is 3. The predicted octanol–water partition coefficient (Wildman–Crippen LogP) is 5.23. The molecule has 5 heteroatoms. The lowest BCUT2D eigenvalue weighted by Crippen LogP contribution is -1.87. The third kappa shape index (κ3) is 2.90. The molecule has 0 aliphatic carbocycles. The summed E-state index contributed by atoms with van der Waals surface area (Å²) in [6, 6.07) is 13.7. The van der Waals surface area contributed by atoms with E-state index in [4.69, 9.17) is 23.2 Å². The third-order valence-electron chi connectivity index (χ3n) is 2.89. The average molecular weight is 321 g/mol. The van der Waals surface area contributed by atoms with Gasteiger partial charge in [-0.15, -0.1) is 11.8 Å². The Balaban J connectivity index is 1.85. The smallest absolute Gasteiger partial charge is 0.0940 e. The summed E-state index contributed by atoms with van der Waals surface area (Å²) >= 11 is 13.7. The van der Waals surface area contributed by atoms with Gasteiger partial charge in [0.2, 0.25) is 0 Å². The Labute approximate surface area is 131 Å². The minimum atomic E-state index is 0.580. The van der Waals surface area contributed by atoms with E-state index < -0.39 is 0 Å². The highest BCUT2D eigenvalue weighted by atomic mass is 35.5. The van der Waals surface area contributed by atoms with Crippen molar-refractivity contribution in [2.45, 2.75) is 10.6 Å². The minimum Gasteiger partial charge on any atom is -0.157 e. The van der Waals surface area contributed by atoms with Gasteiger partial charge in [-0.05, 0) is 23.8 Å². The highest BCUT2D eigenvalue weighted by molar-refractivity contribution is 7.98. The fourth-order valence-corrected chi connectivity index (χ4v) is 3.16. The minimum absolute atomic E-state index is 0.580. The van der Waals surface area contributed by atoms with E-state index in [-0.39, 0.29) is 0 Å². The van der Waals surface area contributed by atoms with Crippen molar-refractivity contribution >= 4 is 45.9 Å². The number of fused-ring (bicyclic) bond motifs is 1. The second-order valence-corrected chi connectivity index (χ2v) is 6.09. The van der Waals surface area contributed by atoms with Crippen LogP contribution in [0, 0.1) is 0 Å². The molecule has 0 unspecified atom stereocenters. The monoisotopic (exact) mass is 320 g/mol. The first kappa shape index (κ1) is 13.7. The standard InChI is InChI=1S/C15H10Cl2N2S/c16-12-6-5-10(7-13(12)17)9-20-15-8-18-19-14-4-2-1-3-11(14)15/h1-8H,9H2. The Morgan fingerprint density at radius 1 is 1.00 bits per heavy atom. The van der Waals surface area contributed by atoms with Gasteiger partial charge in [-0.1, -0.05) is 47.5 Å². The fraction of sp³-hybridized carbons (Fsp3) is 0.0667. The van der Waals surface area contributed by atoms with Crippen LogP contribution in [0.2, 0.25) is 10.0 Å². The van der Waals surface area contributed by atoms with Crippen LogP contribution in [0.1, 0.15) is 5.56 Å². The van der Waals surface area contributed by atoms with Crippen LogP contribution in [0.4, 0.5) is 0 Å². The molecule has 3 rings (SSSR count). The van der Waals surface area contributed by atoms with Gasteiger partial charge < -0.3 is 0 Å². The number of hydrogen-bond donors (Lipinski definition) is 0. The van der Waals surface area contributed by atoms with Crippen molar-refractivity contribution in [2.24, 2.45) is 0 Å². The molecule has 0 spiro atoms. The van der Waals surface area contributed by atoms with Crippen LogP contribution in [-0.2, 0) is 5.75 Å². The molecule has 0 radical (unpaired) electrons. The Morgan fingerprint density at radius 3 is 2.70 bits per heavy atom. The Hall–Kier alpha value is -1.29. The lowest BCUT2D eigenvalue weighted by molar-refractivity contribution is 1.05. The summed E-state index contributed by atoms with van der Waals surface area (Å²) in [5.74, 6) is 0.812. The molecule has 0 aliphatic heterocycles. The van der Waals surface area contributed by atoms with E-state index in [0.29, 0.717) is 10.0 Å². The van der Waals surface area contributed by atoms with E-state index in [1.807, 2.05) is 36.4 Å². The lowest BCUT2D eigenvalue weighted by Gasteiger charge is -2.06. The summed E-state index contributed by atoms with van der Waals surface area (Å²) in [5, 5.41) is 10.4. The maximum absolute atomic E-state index is 6.03. The van der Waals surface area contributed by atoms with Gasteiger partial charge in [0, 0.05) is 16.0 Å². The Kier molecular flexibility index (Phi) is 4.10. The molecule has 100 valence electrons. The molecule has 2 nitrogen and oxygen atoms in total. The quantitative estimate of drug-likeness (QED) is 0.618. The van der Waals surface area contributed by atoms with E-state index in [2.05, 4.69) is 16.3 Å². The van der Waals surface area contributed by atoms with Gasteiger partial charge in [-0.3, -0.25) is 0 Å². The SMILES string of the molecule is Clc1ccc(CSc2cnnc3ccccc23)cc1Cl. The molecule has 0 atom stereocenters. The molecule has 0 saturated carbocycles. The van der Waals surface area contributed by atoms with E-state index in [0.717, 1.165) is 27.1 Å². The van der Waals surface area contributed by atoms with E-state index >= 15 is 0 Å². The van der Waals surface area contributed by atoms with Crippen molar-refractivity contribution in [3.05, 3.63) is 64.3 Å². The van der Waals surface area contributed by atoms with E-state index in [1.165, 1.54) is 0 Å². The van der Waals surface area contributed by atoms with Gasteiger partial charge >= 0.3 is 0 Å². The number of aromatic nitrogens is 2. The lowest BCUT2D eigenvalue weighted by atomic mass is 10.2. The summed E-state index contributed by atoms with van der Waals surface area (Å²) in [4.78, 5) is 1.11. The second kappa shape index (κ2) is 6.00. The Bertz CT molecular complexity index is 756. The molecule has 1 aromatic heterocycles. The molecule has 0 bridgehead atoms. The molecule has 0 aliphatic rings. The van der Waals surface area contributed by atoms with Gasteiger partial charge in [-0.2, -0.15) is 10.2 Å². The molecular weight excluding hydrogens is 311 g/mol. The molecule has 2 aromatic carbocycles. The third-order valence-corrected chi connectivity index (χ3v) is 4.74. The first-order valence-corrected chi connectivity index (χ1v) is 7.75. The van der Waals surface area contributed by atoms with Crippen LogP contribution < -0.4 is 0 Å². The molecule has 0 fully saturated rings. The molecule has 1 heterocycles. The fourth-order valence-electron chi connectivity index (χ4n) is 1.89. The topological polar surface area (TPSA) is 25.8 Å². The van der Waals surface area contributed by atoms with Gasteiger partial charge in [0.25, 0.3) is 0 Å². The number of rotatable bonds is 3. The van der Waals surface area contributed by atoms with Gasteiger partial charge in [0.1, 0.15) is 0 Å². The summed E-state index contributed by atoms with van der Waals surface area (Å²) in [6.45, 7) is 0. The normalized spacial score (nSPS) is 10.9. The number of benzene rings is 2. The van der Waals surface area contributed by atoms with Crippen molar-refractivity contribution in [1.82, 2.24) is 10.2 Å². The van der Waals surface area contributed by atoms with Crippen LogP contribution in [-0.4, -0.2) is 10.2 Å². The van der Waals surface area contributed by atoms with Crippen molar-refractivity contribution in [3.63, 3.8) is 0 Å². The largest absolute Gasteiger partial charge is 0.157 e. The summed E-state index contributed by atoms with van der Waals surface area (Å²) in [6.07, 6.45) is 1.80. The first-order valence-electron chi connectivity index (χ1n) is 6.01. The van der Waals surface area contributed by atoms with Crippen LogP contribution in [0.25, 0.3) is 10.9 Å². The highest BCUT2D eigenvalue weighted by Gasteiger charge is 2.05. The molecule has 0 saturated heterocycles. The first-order chi connectivity index (χ1) is 9.74. The summed E-state index contributed by atoms with van der Waals surface area (Å²) < 4.78 is 0. The number of halogens is 2. The van der Waals surface area contributed by atoms with E-state index in [9.17, 15) is 0 Å². The van der Waals surface area contributed by atoms with Crippen molar-refractivity contribution < 1.29 is 0 Å². The van der Waals surface area contributed by atoms with Crippen LogP contribution >= 0.6 is 35.0 Å². The molecule has 0 N–H and O–H groups in total. The van der Waals surface area contributed by atoms with Gasteiger partial charge in [0.15, 0.2) is 0 Å². The van der Waals surface area contributed by atoms with E-state index in [1.54, 1.807) is 18.0 Å². The molecular formula is C15H10Cl2N2S. The number of thioether (sulfide) groups is 1. The van der Waals surface area contributed by atoms with Crippen LogP contribution in [0.15, 0.2) is 53.6 Å². The molecule has 20 heavy (non-hydrogen) atoms. The summed E-state index contributed by atoms with van der Waals surface area (Å²) in [5.41, 5.74) is 2.04. The number of nitrogens with zero attached hydrogens (tertiary/aromatic N) is 2. The Morgan fingerprint density at radius 2 is 1.85 bits per heavy atom. The van der Waals surface area contributed by atoms with Crippen molar-refractivity contribution in [3.8, 4) is 0 Å². The predicted molar refractivity (Wildman–Crippen MR) is 85.6 cm³/mol. The van der Waals surface area contributed by atoms with Gasteiger partial charge in [0.05, 0.1) is 21.8 Å². The maximum atomic E-state index is 6.03. The van der Waals surface area contributed by atoms with Crippen molar-refractivity contribution in [1.29, 1.82) is 0 Å². The van der Waals surface area contributed by atoms with Crippen molar-refractivity contribution in [2.75, 3.05) is 0 Å². The molecule has 3 aromatic rings. The van der Waals surface area contributed by atoms with Crippen LogP contribution in [0.3, 0.4) is 0 Å². The second-order valence-electron chi connectivity index (χ2n) is 4.26. The maximum Gasteiger partial charge on any atom is 0.0940 e. The highest BCUT2D eigenvalue weighted by Crippen LogP contribution is 2.30. The zero-order valence-electron chi connectivity index (χ0n) is 10.4. The molecule has 0 amide bonds.